The SMILES string of the molecule is CCCCC(CC)CN1C(=O)/C(=C/c2c(NCCCN3CCOCC3)nc3c(C)cccn3c2=O)SC1=S. The number of thioether (sulfide) groups is 1. The predicted octanol–water partition coefficient (Wildman–Crippen LogP) is 4.55. The third kappa shape index (κ3) is 6.83. The maximum atomic E-state index is 13.6. The van der Waals surface area contributed by atoms with E-state index in [0.717, 1.165) is 70.5 Å². The van der Waals surface area contributed by atoms with Gasteiger partial charge in [-0.1, -0.05) is 63.2 Å². The van der Waals surface area contributed by atoms with Gasteiger partial charge < -0.3 is 10.1 Å². The van der Waals surface area contributed by atoms with E-state index in [0.29, 0.717) is 45.3 Å². The average molecular weight is 558 g/mol. The van der Waals surface area contributed by atoms with Gasteiger partial charge in [-0.3, -0.25) is 23.8 Å². The van der Waals surface area contributed by atoms with Gasteiger partial charge in [0.1, 0.15) is 15.8 Å². The van der Waals surface area contributed by atoms with E-state index < -0.39 is 0 Å². The fraction of sp³-hybridized carbons (Fsp3) is 0.571. The van der Waals surface area contributed by atoms with Crippen LogP contribution in [0.4, 0.5) is 5.82 Å². The lowest BCUT2D eigenvalue weighted by molar-refractivity contribution is -0.122. The minimum atomic E-state index is -0.200. The van der Waals surface area contributed by atoms with E-state index in [9.17, 15) is 9.59 Å². The first-order chi connectivity index (χ1) is 18.4. The molecule has 1 N–H and O–H groups in total. The Balaban J connectivity index is 1.58. The van der Waals surface area contributed by atoms with Gasteiger partial charge in [0.15, 0.2) is 0 Å². The van der Waals surface area contributed by atoms with Crippen LogP contribution in [0.1, 0.15) is 57.1 Å². The van der Waals surface area contributed by atoms with E-state index in [1.54, 1.807) is 21.6 Å². The van der Waals surface area contributed by atoms with Crippen molar-refractivity contribution in [2.24, 2.45) is 5.92 Å². The molecule has 1 atom stereocenters. The molecule has 2 aliphatic rings. The van der Waals surface area contributed by atoms with E-state index in [4.69, 9.17) is 21.9 Å². The first kappa shape index (κ1) is 28.7. The van der Waals surface area contributed by atoms with Crippen molar-refractivity contribution in [1.82, 2.24) is 19.2 Å². The number of hydrogen-bond donors (Lipinski definition) is 1. The fourth-order valence-electron chi connectivity index (χ4n) is 4.87. The van der Waals surface area contributed by atoms with Crippen LogP contribution in [0.3, 0.4) is 0 Å². The number of fused-ring (bicyclic) bond motifs is 1. The van der Waals surface area contributed by atoms with E-state index >= 15 is 0 Å². The molecular weight excluding hydrogens is 518 g/mol. The summed E-state index contributed by atoms with van der Waals surface area (Å²) in [5.41, 5.74) is 1.71. The number of anilines is 1. The number of aryl methyl sites for hydroxylation is 1. The van der Waals surface area contributed by atoms with Crippen molar-refractivity contribution in [2.45, 2.75) is 52.9 Å². The zero-order chi connectivity index (χ0) is 27.1. The van der Waals surface area contributed by atoms with Gasteiger partial charge in [-0.25, -0.2) is 4.98 Å². The van der Waals surface area contributed by atoms with E-state index in [1.807, 2.05) is 19.1 Å². The number of nitrogens with zero attached hydrogens (tertiary/aromatic N) is 4. The summed E-state index contributed by atoms with van der Waals surface area (Å²) in [4.78, 5) is 36.4. The molecule has 0 aliphatic carbocycles. The van der Waals surface area contributed by atoms with Crippen LogP contribution in [0.2, 0.25) is 0 Å². The Kier molecular flexibility index (Phi) is 10.3. The molecule has 2 aromatic rings. The summed E-state index contributed by atoms with van der Waals surface area (Å²) in [5.74, 6) is 0.796. The number of nitrogens with one attached hydrogen (secondary N) is 1. The summed E-state index contributed by atoms with van der Waals surface area (Å²) in [5, 5.41) is 3.39. The van der Waals surface area contributed by atoms with Crippen molar-refractivity contribution in [3.8, 4) is 0 Å². The molecule has 10 heteroatoms. The Morgan fingerprint density at radius 2 is 2.03 bits per heavy atom. The number of carbonyl (C=O) groups is 1. The Morgan fingerprint density at radius 1 is 1.24 bits per heavy atom. The lowest BCUT2D eigenvalue weighted by Gasteiger charge is -2.26. The van der Waals surface area contributed by atoms with Crippen LogP contribution in [-0.4, -0.2) is 75.3 Å². The summed E-state index contributed by atoms with van der Waals surface area (Å²) in [6.07, 6.45) is 8.67. The minimum absolute atomic E-state index is 0.123. The van der Waals surface area contributed by atoms with Crippen molar-refractivity contribution in [2.75, 3.05) is 51.3 Å². The molecule has 1 amide bonds. The van der Waals surface area contributed by atoms with Gasteiger partial charge in [0, 0.05) is 32.4 Å². The molecular formula is C28H39N5O3S2. The molecule has 2 aliphatic heterocycles. The number of rotatable bonds is 12. The quantitative estimate of drug-likeness (QED) is 0.231. The second-order valence-electron chi connectivity index (χ2n) is 10.0. The van der Waals surface area contributed by atoms with Gasteiger partial charge >= 0.3 is 0 Å². The number of carbonyl (C=O) groups excluding carboxylic acids is 1. The number of ether oxygens (including phenoxy) is 1. The number of unbranched alkanes of at least 4 members (excludes halogenated alkanes) is 1. The second kappa shape index (κ2) is 13.7. The van der Waals surface area contributed by atoms with Crippen LogP contribution in [0.5, 0.6) is 0 Å². The summed E-state index contributed by atoms with van der Waals surface area (Å²) >= 11 is 6.87. The van der Waals surface area contributed by atoms with E-state index in [2.05, 4.69) is 24.1 Å². The lowest BCUT2D eigenvalue weighted by Crippen LogP contribution is -2.37. The third-order valence-corrected chi connectivity index (χ3v) is 8.64. The van der Waals surface area contributed by atoms with Crippen molar-refractivity contribution in [1.29, 1.82) is 0 Å². The van der Waals surface area contributed by atoms with Gasteiger partial charge in [-0.2, -0.15) is 0 Å². The van der Waals surface area contributed by atoms with Gasteiger partial charge in [0.25, 0.3) is 11.5 Å². The summed E-state index contributed by atoms with van der Waals surface area (Å²) < 4.78 is 7.55. The van der Waals surface area contributed by atoms with Crippen LogP contribution in [-0.2, 0) is 9.53 Å². The Bertz CT molecular complexity index is 1240. The molecule has 1 unspecified atom stereocenters. The number of amides is 1. The molecule has 0 aromatic carbocycles. The Hall–Kier alpha value is -2.27. The molecule has 2 fully saturated rings. The predicted molar refractivity (Wildman–Crippen MR) is 160 cm³/mol. The summed E-state index contributed by atoms with van der Waals surface area (Å²) in [6.45, 7) is 12.0. The lowest BCUT2D eigenvalue weighted by atomic mass is 9.99. The zero-order valence-electron chi connectivity index (χ0n) is 22.7. The monoisotopic (exact) mass is 557 g/mol. The molecule has 0 bridgehead atoms. The second-order valence-corrected chi connectivity index (χ2v) is 11.7. The molecule has 0 spiro atoms. The average Bonchev–Trinajstić information content (AvgIpc) is 3.19. The number of thiocarbonyl (C=S) groups is 1. The maximum absolute atomic E-state index is 13.6. The highest BCUT2D eigenvalue weighted by Crippen LogP contribution is 2.34. The van der Waals surface area contributed by atoms with Crippen molar-refractivity contribution in [3.05, 3.63) is 44.7 Å². The zero-order valence-corrected chi connectivity index (χ0v) is 24.3. The highest BCUT2D eigenvalue weighted by Gasteiger charge is 2.33. The Morgan fingerprint density at radius 3 is 2.76 bits per heavy atom. The highest BCUT2D eigenvalue weighted by molar-refractivity contribution is 8.26. The van der Waals surface area contributed by atoms with Crippen LogP contribution in [0, 0.1) is 12.8 Å². The maximum Gasteiger partial charge on any atom is 0.267 e. The highest BCUT2D eigenvalue weighted by atomic mass is 32.2. The summed E-state index contributed by atoms with van der Waals surface area (Å²) in [6, 6.07) is 3.78. The minimum Gasteiger partial charge on any atom is -0.379 e. The Labute approximate surface area is 234 Å². The molecule has 8 nitrogen and oxygen atoms in total. The first-order valence-electron chi connectivity index (χ1n) is 13.7. The van der Waals surface area contributed by atoms with Gasteiger partial charge in [0.05, 0.1) is 23.7 Å². The van der Waals surface area contributed by atoms with Crippen LogP contribution in [0.25, 0.3) is 11.7 Å². The number of pyridine rings is 1. The topological polar surface area (TPSA) is 79.2 Å². The number of hydrogen-bond acceptors (Lipinski definition) is 8. The molecule has 0 saturated carbocycles. The number of aromatic nitrogens is 2. The summed E-state index contributed by atoms with van der Waals surface area (Å²) in [7, 11) is 0. The van der Waals surface area contributed by atoms with Gasteiger partial charge in [-0.05, 0) is 49.9 Å². The molecule has 4 heterocycles. The largest absolute Gasteiger partial charge is 0.379 e. The van der Waals surface area contributed by atoms with Crippen molar-refractivity contribution >= 4 is 51.7 Å². The van der Waals surface area contributed by atoms with Crippen molar-refractivity contribution < 1.29 is 9.53 Å². The van der Waals surface area contributed by atoms with Crippen LogP contribution < -0.4 is 10.9 Å². The smallest absolute Gasteiger partial charge is 0.267 e. The standard InChI is InChI=1S/C28H39N5O3S2/c1-4-6-10-21(5-2)19-33-27(35)23(38-28(33)37)18-22-24(29-11-8-12-31-14-16-36-17-15-31)30-25-20(3)9-7-13-32(25)26(22)34/h7,9,13,18,21,29H,4-6,8,10-12,14-17,19H2,1-3H3/b23-18-. The molecule has 206 valence electrons. The van der Waals surface area contributed by atoms with Crippen LogP contribution >= 0.6 is 24.0 Å². The molecule has 2 saturated heterocycles. The molecule has 38 heavy (non-hydrogen) atoms. The van der Waals surface area contributed by atoms with E-state index in [-0.39, 0.29) is 11.5 Å². The first-order valence-corrected chi connectivity index (χ1v) is 15.0. The van der Waals surface area contributed by atoms with Crippen LogP contribution in [0.15, 0.2) is 28.0 Å². The fourth-order valence-corrected chi connectivity index (χ4v) is 6.13. The number of morpholine rings is 1. The van der Waals surface area contributed by atoms with E-state index in [1.165, 1.54) is 11.8 Å². The van der Waals surface area contributed by atoms with Gasteiger partial charge in [-0.15, -0.1) is 0 Å². The normalized spacial score (nSPS) is 18.6. The van der Waals surface area contributed by atoms with Gasteiger partial charge in [0.2, 0.25) is 0 Å². The molecule has 2 aromatic heterocycles. The molecule has 0 radical (unpaired) electrons. The third-order valence-electron chi connectivity index (χ3n) is 7.26. The van der Waals surface area contributed by atoms with Crippen molar-refractivity contribution in [3.63, 3.8) is 0 Å². The molecule has 4 rings (SSSR count).